The molecule has 0 N–H and O–H groups in total. The number of halogens is 1. The van der Waals surface area contributed by atoms with Crippen LogP contribution in [0.25, 0.3) is 5.57 Å². The van der Waals surface area contributed by atoms with Crippen molar-refractivity contribution in [1.82, 2.24) is 4.98 Å². The second-order valence-corrected chi connectivity index (χ2v) is 3.14. The summed E-state index contributed by atoms with van der Waals surface area (Å²) in [4.78, 5) is 4.13. The van der Waals surface area contributed by atoms with E-state index in [-0.39, 0.29) is 0 Å². The fourth-order valence-corrected chi connectivity index (χ4v) is 1.51. The molecule has 0 radical (unpaired) electrons. The molecule has 0 atom stereocenters. The van der Waals surface area contributed by atoms with Gasteiger partial charge in [0, 0.05) is 11.8 Å². The second kappa shape index (κ2) is 3.14. The zero-order chi connectivity index (χ0) is 7.56. The maximum atomic E-state index is 4.13. The molecule has 2 heteroatoms. The minimum absolute atomic E-state index is 1.02. The van der Waals surface area contributed by atoms with Crippen LogP contribution in [0.2, 0.25) is 0 Å². The van der Waals surface area contributed by atoms with Crippen molar-refractivity contribution in [3.8, 4) is 0 Å². The van der Waals surface area contributed by atoms with Crippen molar-refractivity contribution in [3.63, 3.8) is 0 Å². The van der Waals surface area contributed by atoms with E-state index in [9.17, 15) is 0 Å². The zero-order valence-electron chi connectivity index (χ0n) is 5.76. The topological polar surface area (TPSA) is 12.9 Å². The van der Waals surface area contributed by atoms with E-state index >= 15 is 0 Å². The van der Waals surface area contributed by atoms with Gasteiger partial charge in [0.25, 0.3) is 0 Å². The average Bonchev–Trinajstić information content (AvgIpc) is 1.88. The summed E-state index contributed by atoms with van der Waals surface area (Å²) in [5.41, 5.74) is 2.21. The molecule has 52 valence electrons. The van der Waals surface area contributed by atoms with E-state index in [1.54, 1.807) is 6.20 Å². The Morgan fingerprint density at radius 2 is 2.40 bits per heavy atom. The van der Waals surface area contributed by atoms with E-state index in [4.69, 9.17) is 0 Å². The Morgan fingerprint density at radius 1 is 1.70 bits per heavy atom. The molecule has 0 bridgehead atoms. The van der Waals surface area contributed by atoms with Crippen LogP contribution in [0, 0.1) is 3.70 Å². The summed E-state index contributed by atoms with van der Waals surface area (Å²) in [6, 6.07) is 3.95. The van der Waals surface area contributed by atoms with Gasteiger partial charge in [0.15, 0.2) is 0 Å². The lowest BCUT2D eigenvalue weighted by Gasteiger charge is -1.99. The summed E-state index contributed by atoms with van der Waals surface area (Å²) in [6.07, 6.45) is 1.79. The van der Waals surface area contributed by atoms with Crippen LogP contribution in [0.5, 0.6) is 0 Å². The first-order valence-corrected chi connectivity index (χ1v) is 4.06. The molecule has 0 spiro atoms. The first-order chi connectivity index (χ1) is 4.72. The standard InChI is InChI=1S/C8H8IN/c1-6(2)7-4-3-5-10-8(7)9/h3-5H,1H2,2H3. The molecule has 0 saturated heterocycles. The SMILES string of the molecule is C=C(C)c1cccnc1I. The van der Waals surface area contributed by atoms with Gasteiger partial charge in [-0.1, -0.05) is 12.6 Å². The molecule has 1 aromatic heterocycles. The monoisotopic (exact) mass is 245 g/mol. The average molecular weight is 245 g/mol. The van der Waals surface area contributed by atoms with Gasteiger partial charge in [-0.3, -0.25) is 0 Å². The number of rotatable bonds is 1. The van der Waals surface area contributed by atoms with Crippen LogP contribution in [-0.4, -0.2) is 4.98 Å². The molecule has 1 aromatic rings. The van der Waals surface area contributed by atoms with Crippen molar-refractivity contribution in [2.75, 3.05) is 0 Å². The normalized spacial score (nSPS) is 9.40. The van der Waals surface area contributed by atoms with Crippen LogP contribution in [0.15, 0.2) is 24.9 Å². The van der Waals surface area contributed by atoms with Gasteiger partial charge in [-0.15, -0.1) is 0 Å². The van der Waals surface area contributed by atoms with Gasteiger partial charge in [-0.2, -0.15) is 0 Å². The summed E-state index contributed by atoms with van der Waals surface area (Å²) in [5.74, 6) is 0. The Labute approximate surface area is 74.3 Å². The van der Waals surface area contributed by atoms with Gasteiger partial charge >= 0.3 is 0 Å². The molecule has 1 heterocycles. The highest BCUT2D eigenvalue weighted by Crippen LogP contribution is 2.15. The highest BCUT2D eigenvalue weighted by atomic mass is 127. The van der Waals surface area contributed by atoms with Gasteiger partial charge in [0.2, 0.25) is 0 Å². The summed E-state index contributed by atoms with van der Waals surface area (Å²) in [5, 5.41) is 0. The van der Waals surface area contributed by atoms with Crippen LogP contribution < -0.4 is 0 Å². The number of pyridine rings is 1. The lowest BCUT2D eigenvalue weighted by atomic mass is 10.2. The number of aromatic nitrogens is 1. The Balaban J connectivity index is 3.15. The highest BCUT2D eigenvalue weighted by Gasteiger charge is 1.97. The Kier molecular flexibility index (Phi) is 2.43. The van der Waals surface area contributed by atoms with Crippen LogP contribution >= 0.6 is 22.6 Å². The van der Waals surface area contributed by atoms with E-state index in [0.717, 1.165) is 14.8 Å². The van der Waals surface area contributed by atoms with Crippen molar-refractivity contribution in [3.05, 3.63) is 34.2 Å². The fourth-order valence-electron chi connectivity index (χ4n) is 0.704. The summed E-state index contributed by atoms with van der Waals surface area (Å²) >= 11 is 2.20. The molecule has 0 aliphatic heterocycles. The van der Waals surface area contributed by atoms with E-state index in [1.807, 2.05) is 19.1 Å². The molecule has 0 unspecified atom stereocenters. The van der Waals surface area contributed by atoms with Crippen LogP contribution in [0.1, 0.15) is 12.5 Å². The van der Waals surface area contributed by atoms with Gasteiger partial charge in [0.05, 0.1) is 0 Å². The second-order valence-electron chi connectivity index (χ2n) is 2.12. The number of allylic oxidation sites excluding steroid dienone is 1. The lowest BCUT2D eigenvalue weighted by Crippen LogP contribution is -1.86. The van der Waals surface area contributed by atoms with Crippen LogP contribution in [0.3, 0.4) is 0 Å². The summed E-state index contributed by atoms with van der Waals surface area (Å²) in [6.45, 7) is 5.83. The third-order valence-electron chi connectivity index (χ3n) is 1.22. The van der Waals surface area contributed by atoms with Crippen molar-refractivity contribution < 1.29 is 0 Å². The quantitative estimate of drug-likeness (QED) is 0.547. The van der Waals surface area contributed by atoms with Gasteiger partial charge in [0.1, 0.15) is 3.70 Å². The van der Waals surface area contributed by atoms with E-state index in [2.05, 4.69) is 34.2 Å². The van der Waals surface area contributed by atoms with E-state index in [0.29, 0.717) is 0 Å². The molecule has 0 amide bonds. The van der Waals surface area contributed by atoms with Gasteiger partial charge < -0.3 is 0 Å². The largest absolute Gasteiger partial charge is 0.250 e. The Hall–Kier alpha value is -0.380. The van der Waals surface area contributed by atoms with Crippen molar-refractivity contribution >= 4 is 28.2 Å². The van der Waals surface area contributed by atoms with Crippen LogP contribution in [0.4, 0.5) is 0 Å². The third kappa shape index (κ3) is 1.56. The smallest absolute Gasteiger partial charge is 0.108 e. The molecule has 0 aliphatic rings. The van der Waals surface area contributed by atoms with E-state index in [1.165, 1.54) is 0 Å². The maximum absolute atomic E-state index is 4.13. The van der Waals surface area contributed by atoms with Crippen molar-refractivity contribution in [2.24, 2.45) is 0 Å². The molecular weight excluding hydrogens is 237 g/mol. The molecule has 0 fully saturated rings. The van der Waals surface area contributed by atoms with Gasteiger partial charge in [-0.25, -0.2) is 4.98 Å². The third-order valence-corrected chi connectivity index (χ3v) is 2.08. The molecule has 0 saturated carbocycles. The molecule has 0 aromatic carbocycles. The first kappa shape index (κ1) is 7.72. The number of hydrogen-bond donors (Lipinski definition) is 0. The zero-order valence-corrected chi connectivity index (χ0v) is 7.92. The van der Waals surface area contributed by atoms with Gasteiger partial charge in [-0.05, 0) is 41.2 Å². The Bertz CT molecular complexity index is 255. The van der Waals surface area contributed by atoms with Crippen molar-refractivity contribution in [1.29, 1.82) is 0 Å². The minimum Gasteiger partial charge on any atom is -0.250 e. The van der Waals surface area contributed by atoms with E-state index < -0.39 is 0 Å². The van der Waals surface area contributed by atoms with Crippen molar-refractivity contribution in [2.45, 2.75) is 6.92 Å². The Morgan fingerprint density at radius 3 is 2.80 bits per heavy atom. The fraction of sp³-hybridized carbons (Fsp3) is 0.125. The molecular formula is C8H8IN. The highest BCUT2D eigenvalue weighted by molar-refractivity contribution is 14.1. The molecule has 1 nitrogen and oxygen atoms in total. The lowest BCUT2D eigenvalue weighted by molar-refractivity contribution is 1.25. The molecule has 10 heavy (non-hydrogen) atoms. The maximum Gasteiger partial charge on any atom is 0.108 e. The number of hydrogen-bond acceptors (Lipinski definition) is 1. The summed E-state index contributed by atoms with van der Waals surface area (Å²) < 4.78 is 1.02. The first-order valence-electron chi connectivity index (χ1n) is 2.98. The minimum atomic E-state index is 1.02. The molecule has 0 aliphatic carbocycles. The number of nitrogens with zero attached hydrogens (tertiary/aromatic N) is 1. The summed E-state index contributed by atoms with van der Waals surface area (Å²) in [7, 11) is 0. The van der Waals surface area contributed by atoms with Crippen LogP contribution in [-0.2, 0) is 0 Å². The molecule has 1 rings (SSSR count). The predicted octanol–water partition coefficient (Wildman–Crippen LogP) is 2.72. The predicted molar refractivity (Wildman–Crippen MR) is 51.7 cm³/mol.